The van der Waals surface area contributed by atoms with E-state index in [-0.39, 0.29) is 19.0 Å². The maximum Gasteiger partial charge on any atom is 0.267 e. The lowest BCUT2D eigenvalue weighted by molar-refractivity contribution is 0.0572. The predicted octanol–water partition coefficient (Wildman–Crippen LogP) is -1.28. The molecule has 6 nitrogen and oxygen atoms in total. The molecule has 1 aromatic heterocycles. The number of hydrogen-bond donors (Lipinski definition) is 2. The van der Waals surface area contributed by atoms with E-state index in [1.165, 1.54) is 11.1 Å². The Kier molecular flexibility index (Phi) is 2.44. The van der Waals surface area contributed by atoms with Crippen molar-refractivity contribution in [1.29, 1.82) is 0 Å². The Labute approximate surface area is 83.9 Å². The van der Waals surface area contributed by atoms with Crippen LogP contribution >= 0.6 is 11.5 Å². The Morgan fingerprint density at radius 3 is 2.64 bits per heavy atom. The lowest BCUT2D eigenvalue weighted by atomic mass is 10.3. The highest BCUT2D eigenvalue weighted by Gasteiger charge is 2.33. The van der Waals surface area contributed by atoms with Gasteiger partial charge in [0.25, 0.3) is 5.91 Å². The van der Waals surface area contributed by atoms with Crippen LogP contribution in [0.4, 0.5) is 0 Å². The summed E-state index contributed by atoms with van der Waals surface area (Å²) >= 11 is 1.00. The normalized spacial score (nSPS) is 26.9. The summed E-state index contributed by atoms with van der Waals surface area (Å²) in [7, 11) is 0. The average Bonchev–Trinajstić information content (AvgIpc) is 2.76. The highest BCUT2D eigenvalue weighted by molar-refractivity contribution is 7.07. The number of β-amino-alcohol motifs (C(OH)–C–C–N with tert-alkyl or cyclic N) is 2. The lowest BCUT2D eigenvalue weighted by Gasteiger charge is -2.12. The van der Waals surface area contributed by atoms with Crippen LogP contribution in [0.2, 0.25) is 0 Å². The molecule has 0 aromatic carbocycles. The molecule has 14 heavy (non-hydrogen) atoms. The highest BCUT2D eigenvalue weighted by Crippen LogP contribution is 2.15. The molecule has 0 saturated carbocycles. The SMILES string of the molecule is O=C(c1cnns1)N1C[C@@H](O)[C@@H](O)C1. The van der Waals surface area contributed by atoms with Crippen LogP contribution in [0.15, 0.2) is 6.20 Å². The zero-order valence-electron chi connectivity index (χ0n) is 7.20. The van der Waals surface area contributed by atoms with Gasteiger partial charge < -0.3 is 15.1 Å². The second-order valence-corrected chi connectivity index (χ2v) is 3.91. The summed E-state index contributed by atoms with van der Waals surface area (Å²) in [5.74, 6) is -0.240. The first-order chi connectivity index (χ1) is 6.68. The number of amides is 1. The summed E-state index contributed by atoms with van der Waals surface area (Å²) in [6.45, 7) is 0.329. The third kappa shape index (κ3) is 1.61. The molecule has 0 spiro atoms. The molecule has 1 saturated heterocycles. The Balaban J connectivity index is 2.07. The van der Waals surface area contributed by atoms with Crippen LogP contribution in [-0.2, 0) is 0 Å². The summed E-state index contributed by atoms with van der Waals surface area (Å²) in [6, 6.07) is 0. The van der Waals surface area contributed by atoms with Gasteiger partial charge in [0.2, 0.25) is 0 Å². The van der Waals surface area contributed by atoms with Crippen molar-refractivity contribution >= 4 is 17.4 Å². The number of nitrogens with zero attached hydrogens (tertiary/aromatic N) is 3. The number of aromatic nitrogens is 2. The molecule has 1 aliphatic rings. The van der Waals surface area contributed by atoms with Crippen molar-refractivity contribution in [2.24, 2.45) is 0 Å². The first-order valence-electron chi connectivity index (χ1n) is 4.11. The Morgan fingerprint density at radius 2 is 2.14 bits per heavy atom. The third-order valence-electron chi connectivity index (χ3n) is 2.12. The maximum absolute atomic E-state index is 11.6. The molecular formula is C7H9N3O3S. The number of aliphatic hydroxyl groups excluding tert-OH is 2. The van der Waals surface area contributed by atoms with Crippen LogP contribution in [-0.4, -0.2) is 55.9 Å². The standard InChI is InChI=1S/C7H9N3O3S/c11-4-2-10(3-5(4)12)7(13)6-1-8-9-14-6/h1,4-5,11-12H,2-3H2/t4-,5+. The van der Waals surface area contributed by atoms with Crippen molar-refractivity contribution < 1.29 is 15.0 Å². The predicted molar refractivity (Wildman–Crippen MR) is 47.8 cm³/mol. The topological polar surface area (TPSA) is 86.6 Å². The van der Waals surface area contributed by atoms with Crippen LogP contribution in [0.5, 0.6) is 0 Å². The van der Waals surface area contributed by atoms with Gasteiger partial charge in [0.1, 0.15) is 4.88 Å². The molecule has 2 atom stereocenters. The molecular weight excluding hydrogens is 206 g/mol. The van der Waals surface area contributed by atoms with Gasteiger partial charge in [0, 0.05) is 13.1 Å². The number of rotatable bonds is 1. The van der Waals surface area contributed by atoms with Gasteiger partial charge in [-0.3, -0.25) is 4.79 Å². The van der Waals surface area contributed by atoms with Crippen molar-refractivity contribution in [3.05, 3.63) is 11.1 Å². The van der Waals surface area contributed by atoms with Crippen LogP contribution < -0.4 is 0 Å². The number of carbonyl (C=O) groups is 1. The van der Waals surface area contributed by atoms with Crippen molar-refractivity contribution in [3.8, 4) is 0 Å². The molecule has 0 aliphatic carbocycles. The largest absolute Gasteiger partial charge is 0.388 e. The summed E-state index contributed by atoms with van der Waals surface area (Å²) < 4.78 is 3.57. The molecule has 7 heteroatoms. The smallest absolute Gasteiger partial charge is 0.267 e. The van der Waals surface area contributed by atoms with E-state index in [0.29, 0.717) is 4.88 Å². The second kappa shape index (κ2) is 3.60. The first-order valence-corrected chi connectivity index (χ1v) is 4.88. The lowest BCUT2D eigenvalue weighted by Crippen LogP contribution is -2.29. The molecule has 0 radical (unpaired) electrons. The zero-order chi connectivity index (χ0) is 10.1. The Morgan fingerprint density at radius 1 is 1.50 bits per heavy atom. The van der Waals surface area contributed by atoms with E-state index in [1.807, 2.05) is 0 Å². The maximum atomic E-state index is 11.6. The molecule has 1 fully saturated rings. The fourth-order valence-electron chi connectivity index (χ4n) is 1.35. The van der Waals surface area contributed by atoms with E-state index in [2.05, 4.69) is 9.59 Å². The van der Waals surface area contributed by atoms with Gasteiger partial charge in [-0.1, -0.05) is 4.49 Å². The molecule has 76 valence electrons. The molecule has 2 heterocycles. The van der Waals surface area contributed by atoms with E-state index in [9.17, 15) is 15.0 Å². The molecule has 0 bridgehead atoms. The Hall–Kier alpha value is -1.05. The molecule has 1 amide bonds. The van der Waals surface area contributed by atoms with Crippen molar-refractivity contribution in [3.63, 3.8) is 0 Å². The molecule has 2 N–H and O–H groups in total. The van der Waals surface area contributed by atoms with E-state index in [1.54, 1.807) is 0 Å². The highest BCUT2D eigenvalue weighted by atomic mass is 32.1. The van der Waals surface area contributed by atoms with Gasteiger partial charge in [-0.2, -0.15) is 0 Å². The minimum atomic E-state index is -0.847. The third-order valence-corrected chi connectivity index (χ3v) is 2.77. The van der Waals surface area contributed by atoms with Gasteiger partial charge in [0.05, 0.1) is 18.4 Å². The van der Waals surface area contributed by atoms with E-state index >= 15 is 0 Å². The van der Waals surface area contributed by atoms with Gasteiger partial charge in [-0.15, -0.1) is 5.10 Å². The summed E-state index contributed by atoms with van der Waals surface area (Å²) in [6.07, 6.45) is -0.316. The quantitative estimate of drug-likeness (QED) is 0.609. The van der Waals surface area contributed by atoms with Gasteiger partial charge >= 0.3 is 0 Å². The number of aliphatic hydroxyl groups is 2. The first kappa shape index (κ1) is 9.50. The van der Waals surface area contributed by atoms with E-state index in [0.717, 1.165) is 11.5 Å². The fourth-order valence-corrected chi connectivity index (χ4v) is 1.84. The number of likely N-dealkylation sites (tertiary alicyclic amines) is 1. The van der Waals surface area contributed by atoms with E-state index in [4.69, 9.17) is 0 Å². The zero-order valence-corrected chi connectivity index (χ0v) is 8.02. The van der Waals surface area contributed by atoms with Crippen LogP contribution in [0, 0.1) is 0 Å². The summed E-state index contributed by atoms with van der Waals surface area (Å²) in [5.41, 5.74) is 0. The van der Waals surface area contributed by atoms with Crippen molar-refractivity contribution in [2.75, 3.05) is 13.1 Å². The van der Waals surface area contributed by atoms with Crippen molar-refractivity contribution in [1.82, 2.24) is 14.5 Å². The second-order valence-electron chi connectivity index (χ2n) is 3.13. The van der Waals surface area contributed by atoms with Crippen molar-refractivity contribution in [2.45, 2.75) is 12.2 Å². The molecule has 2 rings (SSSR count). The summed E-state index contributed by atoms with van der Waals surface area (Å²) in [4.78, 5) is 13.4. The van der Waals surface area contributed by atoms with Crippen LogP contribution in [0.3, 0.4) is 0 Å². The average molecular weight is 215 g/mol. The fraction of sp³-hybridized carbons (Fsp3) is 0.571. The number of hydrogen-bond acceptors (Lipinski definition) is 6. The van der Waals surface area contributed by atoms with Gasteiger partial charge in [-0.25, -0.2) is 0 Å². The van der Waals surface area contributed by atoms with Gasteiger partial charge in [0.15, 0.2) is 0 Å². The van der Waals surface area contributed by atoms with Crippen LogP contribution in [0.1, 0.15) is 9.67 Å². The van der Waals surface area contributed by atoms with Crippen LogP contribution in [0.25, 0.3) is 0 Å². The molecule has 0 unspecified atom stereocenters. The minimum Gasteiger partial charge on any atom is -0.388 e. The van der Waals surface area contributed by atoms with Gasteiger partial charge in [-0.05, 0) is 11.5 Å². The molecule has 1 aromatic rings. The molecule has 1 aliphatic heterocycles. The van der Waals surface area contributed by atoms with E-state index < -0.39 is 12.2 Å². The summed E-state index contributed by atoms with van der Waals surface area (Å²) in [5, 5.41) is 22.0. The minimum absolute atomic E-state index is 0.165. The monoisotopic (exact) mass is 215 g/mol. The Bertz CT molecular complexity index is 319. The number of carbonyl (C=O) groups excluding carboxylic acids is 1.